The fourth-order valence-electron chi connectivity index (χ4n) is 1.17. The first-order chi connectivity index (χ1) is 5.33. The predicted octanol–water partition coefficient (Wildman–Crippen LogP) is 3.46. The molecule has 0 saturated heterocycles. The lowest BCUT2D eigenvalue weighted by Gasteiger charge is -2.19. The minimum absolute atomic E-state index is 0.163. The van der Waals surface area contributed by atoms with Crippen molar-refractivity contribution in [1.29, 1.82) is 0 Å². The van der Waals surface area contributed by atoms with E-state index in [2.05, 4.69) is 46.2 Å². The molecule has 0 amide bonds. The maximum Gasteiger partial charge on any atom is 0.0439 e. The topological polar surface area (TPSA) is 12.4 Å². The Hall–Kier alpha value is -0.590. The maximum atomic E-state index is 4.38. The molecule has 0 spiro atoms. The van der Waals surface area contributed by atoms with Gasteiger partial charge in [-0.25, -0.2) is 0 Å². The van der Waals surface area contributed by atoms with Crippen LogP contribution in [0.15, 0.2) is 17.1 Å². The molecule has 0 aromatic rings. The third kappa shape index (κ3) is 6.14. The van der Waals surface area contributed by atoms with Crippen LogP contribution in [0.25, 0.3) is 0 Å². The summed E-state index contributed by atoms with van der Waals surface area (Å²) in [6.07, 6.45) is 3.07. The van der Waals surface area contributed by atoms with Gasteiger partial charge in [-0.3, -0.25) is 4.99 Å². The SMILES string of the molecule is C=C(C)CC(C)(C)C=NC(C)C. The lowest BCUT2D eigenvalue weighted by molar-refractivity contribution is 0.527. The van der Waals surface area contributed by atoms with Gasteiger partial charge in [-0.15, -0.1) is 6.58 Å². The number of nitrogens with zero attached hydrogens (tertiary/aromatic N) is 1. The van der Waals surface area contributed by atoms with Crippen molar-refractivity contribution in [3.8, 4) is 0 Å². The highest BCUT2D eigenvalue weighted by molar-refractivity contribution is 5.65. The molecule has 1 heteroatoms. The first kappa shape index (κ1) is 11.4. The van der Waals surface area contributed by atoms with Gasteiger partial charge in [0.1, 0.15) is 0 Å². The summed E-state index contributed by atoms with van der Waals surface area (Å²) in [4.78, 5) is 4.38. The first-order valence-electron chi connectivity index (χ1n) is 4.52. The minimum Gasteiger partial charge on any atom is -0.294 e. The number of allylic oxidation sites excluding steroid dienone is 1. The molecule has 0 fully saturated rings. The van der Waals surface area contributed by atoms with Crippen molar-refractivity contribution >= 4 is 6.21 Å². The van der Waals surface area contributed by atoms with Gasteiger partial charge in [0, 0.05) is 17.7 Å². The molecule has 0 aliphatic heterocycles. The van der Waals surface area contributed by atoms with E-state index in [-0.39, 0.29) is 5.41 Å². The summed E-state index contributed by atoms with van der Waals surface area (Å²) < 4.78 is 0. The van der Waals surface area contributed by atoms with Gasteiger partial charge in [-0.05, 0) is 27.2 Å². The number of hydrogen-bond donors (Lipinski definition) is 0. The van der Waals surface area contributed by atoms with Crippen LogP contribution in [0.2, 0.25) is 0 Å². The van der Waals surface area contributed by atoms with E-state index in [9.17, 15) is 0 Å². The van der Waals surface area contributed by atoms with Crippen LogP contribution in [-0.4, -0.2) is 12.3 Å². The quantitative estimate of drug-likeness (QED) is 0.449. The van der Waals surface area contributed by atoms with E-state index >= 15 is 0 Å². The molecule has 70 valence electrons. The van der Waals surface area contributed by atoms with Crippen LogP contribution in [0.5, 0.6) is 0 Å². The second-order valence-corrected chi connectivity index (χ2v) is 4.49. The van der Waals surface area contributed by atoms with E-state index in [0.29, 0.717) is 6.04 Å². The standard InChI is InChI=1S/C11H21N/c1-9(2)7-11(5,6)8-12-10(3)4/h8,10H,1,7H2,2-6H3. The van der Waals surface area contributed by atoms with Crippen LogP contribution in [0, 0.1) is 5.41 Å². The molecule has 0 bridgehead atoms. The Balaban J connectivity index is 4.12. The van der Waals surface area contributed by atoms with Gasteiger partial charge >= 0.3 is 0 Å². The molecule has 0 aliphatic carbocycles. The highest BCUT2D eigenvalue weighted by Crippen LogP contribution is 2.21. The summed E-state index contributed by atoms with van der Waals surface area (Å²) in [5.74, 6) is 0. The molecule has 0 aromatic carbocycles. The molecule has 0 radical (unpaired) electrons. The van der Waals surface area contributed by atoms with Crippen LogP contribution in [0.1, 0.15) is 41.0 Å². The average Bonchev–Trinajstić information content (AvgIpc) is 1.81. The second-order valence-electron chi connectivity index (χ2n) is 4.49. The number of aliphatic imine (C=N–C) groups is 1. The van der Waals surface area contributed by atoms with Crippen molar-refractivity contribution in [3.05, 3.63) is 12.2 Å². The van der Waals surface area contributed by atoms with Crippen LogP contribution < -0.4 is 0 Å². The molecule has 0 rings (SSSR count). The fraction of sp³-hybridized carbons (Fsp3) is 0.727. The van der Waals surface area contributed by atoms with Crippen LogP contribution in [0.4, 0.5) is 0 Å². The summed E-state index contributed by atoms with van der Waals surface area (Å²) in [6.45, 7) is 14.5. The first-order valence-corrected chi connectivity index (χ1v) is 4.52. The zero-order valence-electron chi connectivity index (χ0n) is 9.02. The van der Waals surface area contributed by atoms with Gasteiger partial charge in [0.15, 0.2) is 0 Å². The van der Waals surface area contributed by atoms with Crippen LogP contribution in [-0.2, 0) is 0 Å². The van der Waals surface area contributed by atoms with Gasteiger partial charge in [0.05, 0.1) is 0 Å². The van der Waals surface area contributed by atoms with E-state index < -0.39 is 0 Å². The summed E-state index contributed by atoms with van der Waals surface area (Å²) >= 11 is 0. The Morgan fingerprint density at radius 1 is 1.50 bits per heavy atom. The van der Waals surface area contributed by atoms with Crippen molar-refractivity contribution < 1.29 is 0 Å². The molecule has 12 heavy (non-hydrogen) atoms. The van der Waals surface area contributed by atoms with Gasteiger partial charge in [-0.2, -0.15) is 0 Å². The van der Waals surface area contributed by atoms with Crippen LogP contribution >= 0.6 is 0 Å². The normalized spacial score (nSPS) is 12.8. The zero-order chi connectivity index (χ0) is 9.78. The molecule has 0 saturated carbocycles. The summed E-state index contributed by atoms with van der Waals surface area (Å²) in [6, 6.07) is 0.398. The third-order valence-electron chi connectivity index (χ3n) is 1.48. The number of hydrogen-bond acceptors (Lipinski definition) is 1. The summed E-state index contributed by atoms with van der Waals surface area (Å²) in [5, 5.41) is 0. The highest BCUT2D eigenvalue weighted by Gasteiger charge is 2.14. The Morgan fingerprint density at radius 3 is 2.33 bits per heavy atom. The average molecular weight is 167 g/mol. The molecule has 0 aliphatic rings. The third-order valence-corrected chi connectivity index (χ3v) is 1.48. The molecule has 0 heterocycles. The number of rotatable bonds is 4. The van der Waals surface area contributed by atoms with Gasteiger partial charge in [0.25, 0.3) is 0 Å². The van der Waals surface area contributed by atoms with Crippen molar-refractivity contribution in [3.63, 3.8) is 0 Å². The monoisotopic (exact) mass is 167 g/mol. The van der Waals surface area contributed by atoms with Crippen molar-refractivity contribution in [2.24, 2.45) is 10.4 Å². The molecule has 0 atom stereocenters. The Bertz CT molecular complexity index is 175. The van der Waals surface area contributed by atoms with E-state index in [0.717, 1.165) is 6.42 Å². The summed E-state index contributed by atoms with van der Waals surface area (Å²) in [7, 11) is 0. The molecule has 1 nitrogen and oxygen atoms in total. The Morgan fingerprint density at radius 2 is 2.00 bits per heavy atom. The van der Waals surface area contributed by atoms with Crippen LogP contribution in [0.3, 0.4) is 0 Å². The predicted molar refractivity (Wildman–Crippen MR) is 56.8 cm³/mol. The molecular weight excluding hydrogens is 146 g/mol. The van der Waals surface area contributed by atoms with E-state index in [1.165, 1.54) is 5.57 Å². The van der Waals surface area contributed by atoms with E-state index in [4.69, 9.17) is 0 Å². The second kappa shape index (κ2) is 4.44. The van der Waals surface area contributed by atoms with E-state index in [1.807, 2.05) is 6.21 Å². The lowest BCUT2D eigenvalue weighted by atomic mass is 9.88. The van der Waals surface area contributed by atoms with Crippen molar-refractivity contribution in [2.45, 2.75) is 47.1 Å². The van der Waals surface area contributed by atoms with Gasteiger partial charge in [-0.1, -0.05) is 19.4 Å². The molecule has 0 aromatic heterocycles. The van der Waals surface area contributed by atoms with Crippen molar-refractivity contribution in [1.82, 2.24) is 0 Å². The van der Waals surface area contributed by atoms with Crippen molar-refractivity contribution in [2.75, 3.05) is 0 Å². The molecular formula is C11H21N. The lowest BCUT2D eigenvalue weighted by Crippen LogP contribution is -2.14. The smallest absolute Gasteiger partial charge is 0.0439 e. The molecule has 0 unspecified atom stereocenters. The highest BCUT2D eigenvalue weighted by atomic mass is 14.7. The Labute approximate surface area is 76.6 Å². The molecule has 0 N–H and O–H groups in total. The van der Waals surface area contributed by atoms with Gasteiger partial charge < -0.3 is 0 Å². The Kier molecular flexibility index (Phi) is 4.22. The van der Waals surface area contributed by atoms with Gasteiger partial charge in [0.2, 0.25) is 0 Å². The fourth-order valence-corrected chi connectivity index (χ4v) is 1.17. The minimum atomic E-state index is 0.163. The summed E-state index contributed by atoms with van der Waals surface area (Å²) in [5.41, 5.74) is 1.38. The largest absolute Gasteiger partial charge is 0.294 e. The zero-order valence-corrected chi connectivity index (χ0v) is 9.02. The van der Waals surface area contributed by atoms with E-state index in [1.54, 1.807) is 0 Å². The maximum absolute atomic E-state index is 4.38.